The minimum absolute atomic E-state index is 0.458. The molecule has 28 heavy (non-hydrogen) atoms. The van der Waals surface area contributed by atoms with Crippen LogP contribution in [0.25, 0.3) is 33.0 Å². The molecule has 0 N–H and O–H groups in total. The fourth-order valence-electron chi connectivity index (χ4n) is 5.68. The molecule has 0 spiro atoms. The summed E-state index contributed by atoms with van der Waals surface area (Å²) in [6, 6.07) is 31.4. The molecular formula is C28H22. The predicted octanol–water partition coefficient (Wildman–Crippen LogP) is 5.74. The van der Waals surface area contributed by atoms with Crippen molar-refractivity contribution < 1.29 is 0 Å². The number of hydrogen-bond acceptors (Lipinski definition) is 0. The highest BCUT2D eigenvalue weighted by Crippen LogP contribution is 2.55. The molecule has 134 valence electrons. The Morgan fingerprint density at radius 2 is 1.14 bits per heavy atom. The van der Waals surface area contributed by atoms with Crippen molar-refractivity contribution >= 4 is 21.9 Å². The van der Waals surface area contributed by atoms with E-state index in [0.29, 0.717) is 11.8 Å². The van der Waals surface area contributed by atoms with Gasteiger partial charge in [-0.05, 0) is 57.3 Å². The minimum atomic E-state index is 0.458. The van der Waals surface area contributed by atoms with E-state index in [4.69, 9.17) is 0 Å². The van der Waals surface area contributed by atoms with E-state index in [1.165, 1.54) is 54.6 Å². The zero-order valence-corrected chi connectivity index (χ0v) is 16.2. The molecule has 0 aromatic heterocycles. The van der Waals surface area contributed by atoms with Crippen molar-refractivity contribution in [2.45, 2.75) is 25.7 Å². The van der Waals surface area contributed by atoms with E-state index in [0.717, 1.165) is 0 Å². The fourth-order valence-corrected chi connectivity index (χ4v) is 5.68. The number of benzene rings is 4. The molecule has 0 aliphatic heterocycles. The van der Waals surface area contributed by atoms with Gasteiger partial charge in [0.15, 0.2) is 0 Å². The van der Waals surface area contributed by atoms with Crippen LogP contribution in [-0.4, -0.2) is 0 Å². The summed E-state index contributed by atoms with van der Waals surface area (Å²) in [5, 5.41) is 5.72. The van der Waals surface area contributed by atoms with Gasteiger partial charge in [0, 0.05) is 11.8 Å². The zero-order chi connectivity index (χ0) is 18.8. The molecule has 0 fully saturated rings. The summed E-state index contributed by atoms with van der Waals surface area (Å²) in [5.74, 6) is 0.916. The molecule has 0 heterocycles. The van der Waals surface area contributed by atoms with Crippen LogP contribution in [0.15, 0.2) is 84.9 Å². The lowest BCUT2D eigenvalue weighted by Gasteiger charge is -2.28. The minimum Gasteiger partial charge on any atom is -0.0622 e. The lowest BCUT2D eigenvalue weighted by molar-refractivity contribution is 0.780. The largest absolute Gasteiger partial charge is 0.0622 e. The molecule has 4 aromatic carbocycles. The standard InChI is InChI=1S/C28H22/c1-17-20-11-6-7-12-21(20)18(2)27-25-16-15-22(19-9-4-3-5-10-19)23-13-8-14-24(26(17)27)28(23)25/h3-16,26-27H,1-2H3. The third-order valence-electron chi connectivity index (χ3n) is 6.90. The van der Waals surface area contributed by atoms with Crippen molar-refractivity contribution in [2.75, 3.05) is 0 Å². The van der Waals surface area contributed by atoms with Crippen LogP contribution >= 0.6 is 0 Å². The topological polar surface area (TPSA) is 0 Å². The first-order valence-corrected chi connectivity index (χ1v) is 10.1. The van der Waals surface area contributed by atoms with E-state index in [-0.39, 0.29) is 0 Å². The summed E-state index contributed by atoms with van der Waals surface area (Å²) >= 11 is 0. The highest BCUT2D eigenvalue weighted by molar-refractivity contribution is 6.04. The second kappa shape index (κ2) is 5.69. The smallest absolute Gasteiger partial charge is 0.0167 e. The van der Waals surface area contributed by atoms with Gasteiger partial charge in [-0.2, -0.15) is 0 Å². The quantitative estimate of drug-likeness (QED) is 0.407. The van der Waals surface area contributed by atoms with Crippen LogP contribution < -0.4 is 10.4 Å². The van der Waals surface area contributed by atoms with Gasteiger partial charge in [-0.25, -0.2) is 0 Å². The molecule has 0 bridgehead atoms. The molecule has 4 aromatic rings. The van der Waals surface area contributed by atoms with Gasteiger partial charge in [0.1, 0.15) is 0 Å². The molecule has 0 radical (unpaired) electrons. The first-order valence-electron chi connectivity index (χ1n) is 10.1. The summed E-state index contributed by atoms with van der Waals surface area (Å²) < 4.78 is 0. The van der Waals surface area contributed by atoms with Crippen molar-refractivity contribution in [3.63, 3.8) is 0 Å². The number of rotatable bonds is 1. The second-order valence-electron chi connectivity index (χ2n) is 8.21. The van der Waals surface area contributed by atoms with Crippen molar-refractivity contribution in [3.8, 4) is 11.1 Å². The fraction of sp³-hybridized carbons (Fsp3) is 0.143. The molecule has 0 heteroatoms. The Hall–Kier alpha value is -3.12. The van der Waals surface area contributed by atoms with Crippen LogP contribution in [0.4, 0.5) is 0 Å². The van der Waals surface area contributed by atoms with Gasteiger partial charge in [0.05, 0.1) is 0 Å². The maximum absolute atomic E-state index is 2.39. The molecule has 0 saturated carbocycles. The van der Waals surface area contributed by atoms with Crippen molar-refractivity contribution in [1.82, 2.24) is 0 Å². The summed E-state index contributed by atoms with van der Waals surface area (Å²) in [6.45, 7) is 4.68. The lowest BCUT2D eigenvalue weighted by Crippen LogP contribution is -2.35. The normalized spacial score (nSPS) is 19.6. The second-order valence-corrected chi connectivity index (χ2v) is 8.21. The highest BCUT2D eigenvalue weighted by atomic mass is 14.4. The van der Waals surface area contributed by atoms with Crippen molar-refractivity contribution in [1.29, 1.82) is 0 Å². The lowest BCUT2D eigenvalue weighted by atomic mass is 9.75. The predicted molar refractivity (Wildman–Crippen MR) is 119 cm³/mol. The molecule has 0 saturated heterocycles. The Bertz CT molecular complexity index is 1320. The van der Waals surface area contributed by atoms with E-state index in [9.17, 15) is 0 Å². The number of hydrogen-bond donors (Lipinski definition) is 0. The van der Waals surface area contributed by atoms with Gasteiger partial charge in [-0.1, -0.05) is 96.1 Å². The first kappa shape index (κ1) is 15.9. The van der Waals surface area contributed by atoms with Crippen LogP contribution in [0, 0.1) is 0 Å². The molecule has 2 unspecified atom stereocenters. The Labute approximate surface area is 165 Å². The van der Waals surface area contributed by atoms with Crippen LogP contribution in [-0.2, 0) is 0 Å². The summed E-state index contributed by atoms with van der Waals surface area (Å²) in [6.07, 6.45) is 0. The van der Waals surface area contributed by atoms with E-state index in [1.807, 2.05) is 0 Å². The van der Waals surface area contributed by atoms with Crippen LogP contribution in [0.1, 0.15) is 36.8 Å². The van der Waals surface area contributed by atoms with Crippen molar-refractivity contribution in [2.24, 2.45) is 0 Å². The molecule has 2 aliphatic rings. The average Bonchev–Trinajstić information content (AvgIpc) is 3.09. The Balaban J connectivity index is 1.72. The summed E-state index contributed by atoms with van der Waals surface area (Å²) in [4.78, 5) is 0. The summed E-state index contributed by atoms with van der Waals surface area (Å²) in [5.41, 5.74) is 8.66. The van der Waals surface area contributed by atoms with Gasteiger partial charge in [-0.15, -0.1) is 0 Å². The maximum atomic E-state index is 2.39. The van der Waals surface area contributed by atoms with E-state index in [2.05, 4.69) is 98.8 Å². The third-order valence-corrected chi connectivity index (χ3v) is 6.90. The first-order chi connectivity index (χ1) is 13.8. The average molecular weight is 358 g/mol. The maximum Gasteiger partial charge on any atom is 0.0167 e. The van der Waals surface area contributed by atoms with E-state index >= 15 is 0 Å². The zero-order valence-electron chi connectivity index (χ0n) is 16.2. The molecule has 2 atom stereocenters. The van der Waals surface area contributed by atoms with Gasteiger partial charge >= 0.3 is 0 Å². The Morgan fingerprint density at radius 3 is 1.82 bits per heavy atom. The van der Waals surface area contributed by atoms with Crippen LogP contribution in [0.5, 0.6) is 0 Å². The molecule has 6 rings (SSSR count). The van der Waals surface area contributed by atoms with Gasteiger partial charge < -0.3 is 0 Å². The van der Waals surface area contributed by atoms with Gasteiger partial charge in [0.2, 0.25) is 0 Å². The van der Waals surface area contributed by atoms with Gasteiger partial charge in [0.25, 0.3) is 0 Å². The van der Waals surface area contributed by atoms with E-state index < -0.39 is 0 Å². The molecule has 0 amide bonds. The van der Waals surface area contributed by atoms with E-state index in [1.54, 1.807) is 0 Å². The monoisotopic (exact) mass is 358 g/mol. The molecule has 2 aliphatic carbocycles. The highest BCUT2D eigenvalue weighted by Gasteiger charge is 2.38. The Kier molecular flexibility index (Phi) is 3.23. The Morgan fingerprint density at radius 1 is 0.536 bits per heavy atom. The van der Waals surface area contributed by atoms with Crippen LogP contribution in [0.3, 0.4) is 0 Å². The molecule has 0 nitrogen and oxygen atoms in total. The van der Waals surface area contributed by atoms with Crippen molar-refractivity contribution in [3.05, 3.63) is 106 Å². The number of fused-ring (bicyclic) bond motifs is 4. The third kappa shape index (κ3) is 1.95. The SMILES string of the molecule is CC1=c2ccccc2=C(C)C2c3ccc(-c4ccccc4)c4cccc(c34)C12. The molecular weight excluding hydrogens is 336 g/mol. The summed E-state index contributed by atoms with van der Waals surface area (Å²) in [7, 11) is 0. The van der Waals surface area contributed by atoms with Gasteiger partial charge in [-0.3, -0.25) is 0 Å². The van der Waals surface area contributed by atoms with Crippen LogP contribution in [0.2, 0.25) is 0 Å².